The van der Waals surface area contributed by atoms with Crippen molar-refractivity contribution in [3.8, 4) is 0 Å². The van der Waals surface area contributed by atoms with Crippen molar-refractivity contribution in [2.75, 3.05) is 31.1 Å². The topological polar surface area (TPSA) is 79.6 Å². The van der Waals surface area contributed by atoms with E-state index in [9.17, 15) is 14.9 Å². The Hall–Kier alpha value is -2.48. The van der Waals surface area contributed by atoms with Gasteiger partial charge in [-0.05, 0) is 36.6 Å². The number of carbonyl (C=O) groups excluding carboxylic acids is 1. The number of hydrogen-bond donors (Lipinski definition) is 0. The summed E-state index contributed by atoms with van der Waals surface area (Å²) in [4.78, 5) is 31.6. The van der Waals surface area contributed by atoms with Gasteiger partial charge in [-0.2, -0.15) is 0 Å². The van der Waals surface area contributed by atoms with Crippen LogP contribution < -0.4 is 4.90 Å². The average Bonchev–Trinajstić information content (AvgIpc) is 3.50. The van der Waals surface area contributed by atoms with Crippen molar-refractivity contribution in [1.82, 2.24) is 9.88 Å². The van der Waals surface area contributed by atoms with Gasteiger partial charge in [0.15, 0.2) is 0 Å². The van der Waals surface area contributed by atoms with Gasteiger partial charge in [-0.1, -0.05) is 28.1 Å². The fourth-order valence-electron chi connectivity index (χ4n) is 3.65. The van der Waals surface area contributed by atoms with Crippen LogP contribution in [0.1, 0.15) is 18.4 Å². The molecule has 1 aliphatic carbocycles. The highest BCUT2D eigenvalue weighted by molar-refractivity contribution is 9.10. The Labute approximate surface area is 165 Å². The van der Waals surface area contributed by atoms with Crippen molar-refractivity contribution in [3.63, 3.8) is 0 Å². The lowest BCUT2D eigenvalue weighted by Gasteiger charge is -2.37. The first-order valence-corrected chi connectivity index (χ1v) is 9.70. The lowest BCUT2D eigenvalue weighted by Crippen LogP contribution is -2.51. The maximum absolute atomic E-state index is 13.2. The molecule has 2 fully saturated rings. The van der Waals surface area contributed by atoms with Gasteiger partial charge in [-0.3, -0.25) is 14.9 Å². The van der Waals surface area contributed by atoms with E-state index in [-0.39, 0.29) is 17.0 Å². The van der Waals surface area contributed by atoms with E-state index < -0.39 is 4.92 Å². The van der Waals surface area contributed by atoms with Gasteiger partial charge in [0.1, 0.15) is 12.0 Å². The molecule has 1 aliphatic heterocycles. The number of amides is 1. The average molecular weight is 431 g/mol. The molecule has 0 atom stereocenters. The zero-order chi connectivity index (χ0) is 19.0. The number of nitro groups is 1. The lowest BCUT2D eigenvalue weighted by molar-refractivity contribution is -0.385. The predicted octanol–water partition coefficient (Wildman–Crippen LogP) is 3.13. The number of nitrogens with zero attached hydrogens (tertiary/aromatic N) is 4. The number of benzene rings is 1. The highest BCUT2D eigenvalue weighted by Crippen LogP contribution is 2.50. The summed E-state index contributed by atoms with van der Waals surface area (Å²) in [7, 11) is 0. The molecule has 2 aromatic rings. The van der Waals surface area contributed by atoms with E-state index in [1.165, 1.54) is 12.3 Å². The van der Waals surface area contributed by atoms with E-state index in [0.29, 0.717) is 32.0 Å². The van der Waals surface area contributed by atoms with Crippen molar-refractivity contribution < 1.29 is 9.72 Å². The Morgan fingerprint density at radius 3 is 2.44 bits per heavy atom. The van der Waals surface area contributed by atoms with Gasteiger partial charge in [0.2, 0.25) is 5.91 Å². The standard InChI is InChI=1S/C19H19BrN4O3/c20-15-3-1-2-14(12-15)19(6-7-19)18(25)23-10-8-22(9-11-23)17-5-4-16(13-21-17)24(26)27/h1-5,12-13H,6-11H2. The number of carbonyl (C=O) groups is 1. The van der Waals surface area contributed by atoms with Crippen LogP contribution in [0, 0.1) is 10.1 Å². The summed E-state index contributed by atoms with van der Waals surface area (Å²) in [5, 5.41) is 10.7. The van der Waals surface area contributed by atoms with Crippen molar-refractivity contribution in [3.05, 3.63) is 62.7 Å². The lowest BCUT2D eigenvalue weighted by atomic mass is 9.94. The Kier molecular flexibility index (Phi) is 4.59. The number of anilines is 1. The first-order chi connectivity index (χ1) is 13.0. The van der Waals surface area contributed by atoms with E-state index in [1.54, 1.807) is 6.07 Å². The molecular formula is C19H19BrN4O3. The van der Waals surface area contributed by atoms with Crippen molar-refractivity contribution >= 4 is 33.3 Å². The molecule has 2 aliphatic rings. The van der Waals surface area contributed by atoms with Gasteiger partial charge in [0.25, 0.3) is 5.69 Å². The first-order valence-electron chi connectivity index (χ1n) is 8.90. The molecule has 2 heterocycles. The van der Waals surface area contributed by atoms with Gasteiger partial charge < -0.3 is 9.80 Å². The highest BCUT2D eigenvalue weighted by Gasteiger charge is 2.53. The minimum Gasteiger partial charge on any atom is -0.353 e. The maximum atomic E-state index is 13.2. The summed E-state index contributed by atoms with van der Waals surface area (Å²) in [6.07, 6.45) is 3.07. The van der Waals surface area contributed by atoms with E-state index >= 15 is 0 Å². The van der Waals surface area contributed by atoms with E-state index in [0.717, 1.165) is 22.9 Å². The monoisotopic (exact) mass is 430 g/mol. The molecule has 4 rings (SSSR count). The summed E-state index contributed by atoms with van der Waals surface area (Å²) < 4.78 is 0.994. The summed E-state index contributed by atoms with van der Waals surface area (Å²) in [6, 6.07) is 11.2. The van der Waals surface area contributed by atoms with Gasteiger partial charge in [-0.15, -0.1) is 0 Å². The zero-order valence-corrected chi connectivity index (χ0v) is 16.3. The Bertz CT molecular complexity index is 875. The summed E-state index contributed by atoms with van der Waals surface area (Å²) in [5.74, 6) is 0.915. The number of aromatic nitrogens is 1. The predicted molar refractivity (Wildman–Crippen MR) is 105 cm³/mol. The van der Waals surface area contributed by atoms with Crippen molar-refractivity contribution in [1.29, 1.82) is 0 Å². The molecule has 0 N–H and O–H groups in total. The van der Waals surface area contributed by atoms with Crippen LogP contribution in [0.2, 0.25) is 0 Å². The van der Waals surface area contributed by atoms with Crippen LogP contribution in [0.5, 0.6) is 0 Å². The third-order valence-electron chi connectivity index (χ3n) is 5.37. The Balaban J connectivity index is 1.42. The third kappa shape index (κ3) is 3.41. The van der Waals surface area contributed by atoms with Gasteiger partial charge in [0, 0.05) is 36.7 Å². The normalized spacial score (nSPS) is 18.3. The second kappa shape index (κ2) is 6.92. The highest BCUT2D eigenvalue weighted by atomic mass is 79.9. The summed E-state index contributed by atoms with van der Waals surface area (Å²) in [5.41, 5.74) is 0.705. The maximum Gasteiger partial charge on any atom is 0.287 e. The SMILES string of the molecule is O=C(N1CCN(c2ccc([N+](=O)[O-])cn2)CC1)C1(c2cccc(Br)c2)CC1. The van der Waals surface area contributed by atoms with Crippen molar-refractivity contribution in [2.45, 2.75) is 18.3 Å². The largest absolute Gasteiger partial charge is 0.353 e. The molecule has 1 aromatic carbocycles. The van der Waals surface area contributed by atoms with Crippen LogP contribution in [0.4, 0.5) is 11.5 Å². The van der Waals surface area contributed by atoms with E-state index in [2.05, 4.69) is 25.8 Å². The molecule has 0 radical (unpaired) electrons. The van der Waals surface area contributed by atoms with E-state index in [1.807, 2.05) is 29.2 Å². The van der Waals surface area contributed by atoms with Gasteiger partial charge in [-0.25, -0.2) is 4.98 Å². The Morgan fingerprint density at radius 1 is 1.15 bits per heavy atom. The second-order valence-electron chi connectivity index (χ2n) is 7.00. The zero-order valence-electron chi connectivity index (χ0n) is 14.7. The minimum absolute atomic E-state index is 0.0164. The first kappa shape index (κ1) is 17.9. The number of halogens is 1. The molecule has 0 bridgehead atoms. The Morgan fingerprint density at radius 2 is 1.89 bits per heavy atom. The van der Waals surface area contributed by atoms with Crippen LogP contribution in [0.15, 0.2) is 47.1 Å². The van der Waals surface area contributed by atoms with Crippen LogP contribution in [0.25, 0.3) is 0 Å². The molecule has 27 heavy (non-hydrogen) atoms. The molecule has 1 aromatic heterocycles. The fraction of sp³-hybridized carbons (Fsp3) is 0.368. The number of rotatable bonds is 4. The fourth-order valence-corrected chi connectivity index (χ4v) is 4.05. The molecule has 1 saturated heterocycles. The molecule has 7 nitrogen and oxygen atoms in total. The second-order valence-corrected chi connectivity index (χ2v) is 7.92. The molecule has 0 spiro atoms. The third-order valence-corrected chi connectivity index (χ3v) is 5.86. The molecule has 0 unspecified atom stereocenters. The summed E-state index contributed by atoms with van der Waals surface area (Å²) in [6.45, 7) is 2.61. The molecular weight excluding hydrogens is 412 g/mol. The van der Waals surface area contributed by atoms with Crippen LogP contribution in [0.3, 0.4) is 0 Å². The van der Waals surface area contributed by atoms with Crippen molar-refractivity contribution in [2.24, 2.45) is 0 Å². The number of hydrogen-bond acceptors (Lipinski definition) is 5. The van der Waals surface area contributed by atoms with Crippen LogP contribution in [-0.2, 0) is 10.2 Å². The quantitative estimate of drug-likeness (QED) is 0.549. The molecule has 1 amide bonds. The number of piperazine rings is 1. The number of pyridine rings is 1. The van der Waals surface area contributed by atoms with Gasteiger partial charge >= 0.3 is 0 Å². The van der Waals surface area contributed by atoms with E-state index in [4.69, 9.17) is 0 Å². The van der Waals surface area contributed by atoms with Crippen LogP contribution in [-0.4, -0.2) is 46.9 Å². The minimum atomic E-state index is -0.454. The molecule has 140 valence electrons. The summed E-state index contributed by atoms with van der Waals surface area (Å²) >= 11 is 3.49. The molecule has 8 heteroatoms. The smallest absolute Gasteiger partial charge is 0.287 e. The van der Waals surface area contributed by atoms with Crippen LogP contribution >= 0.6 is 15.9 Å². The molecule has 1 saturated carbocycles. The van der Waals surface area contributed by atoms with Gasteiger partial charge in [0.05, 0.1) is 10.3 Å².